The van der Waals surface area contributed by atoms with Gasteiger partial charge in [0.25, 0.3) is 0 Å². The van der Waals surface area contributed by atoms with Crippen LogP contribution in [0.5, 0.6) is 11.5 Å². The molecule has 1 heterocycles. The molecule has 11 aromatic carbocycles. The van der Waals surface area contributed by atoms with Crippen LogP contribution in [-0.2, 0) is 22.4 Å². The normalized spacial score (nSPS) is 17.0. The Labute approximate surface area is 460 Å². The number of ether oxygens (including phenoxy) is 3. The molecule has 0 aromatic heterocycles. The van der Waals surface area contributed by atoms with Crippen LogP contribution in [0, 0.1) is 0 Å². The van der Waals surface area contributed by atoms with Crippen LogP contribution in [0.1, 0.15) is 58.8 Å². The monoisotopic (exact) mass is 1020 g/mol. The SMILES string of the molecule is CC(=O)OC1CCOc2c(cc3ccccc3c2-c2c(-c3ccccc3)ccc3c2CC=CC3)/C=N/[C@@H](c2ccccc2)C(c2ccccc2)/N=C/c2cc3ccccc3c(-c3c(-c4ccccc4)ccc4ccccc34)c2O1. The maximum absolute atomic E-state index is 13.5. The highest BCUT2D eigenvalue weighted by Gasteiger charge is 2.30. The molecule has 0 fully saturated rings. The fourth-order valence-electron chi connectivity index (χ4n) is 11.8. The summed E-state index contributed by atoms with van der Waals surface area (Å²) in [6, 6.07) is 79.7. The van der Waals surface area contributed by atoms with E-state index in [0.29, 0.717) is 11.5 Å². The zero-order valence-electron chi connectivity index (χ0n) is 43.8. The quantitative estimate of drug-likeness (QED) is 0.118. The van der Waals surface area contributed by atoms with Gasteiger partial charge in [0.15, 0.2) is 0 Å². The molecule has 2 aliphatic rings. The van der Waals surface area contributed by atoms with E-state index >= 15 is 0 Å². The Hall–Kier alpha value is -9.65. The van der Waals surface area contributed by atoms with Gasteiger partial charge in [-0.15, -0.1) is 0 Å². The van der Waals surface area contributed by atoms with Crippen LogP contribution in [-0.4, -0.2) is 31.3 Å². The number of esters is 1. The molecule has 1 aliphatic carbocycles. The van der Waals surface area contributed by atoms with Gasteiger partial charge in [-0.2, -0.15) is 0 Å². The lowest BCUT2D eigenvalue weighted by Gasteiger charge is -2.26. The molecular formula is C73H56N2O4. The molecule has 0 bridgehead atoms. The van der Waals surface area contributed by atoms with Gasteiger partial charge in [-0.05, 0) is 107 Å². The van der Waals surface area contributed by atoms with Gasteiger partial charge < -0.3 is 14.2 Å². The third-order valence-electron chi connectivity index (χ3n) is 15.4. The van der Waals surface area contributed by atoms with Gasteiger partial charge in [-0.1, -0.05) is 231 Å². The van der Waals surface area contributed by atoms with E-state index in [1.54, 1.807) is 0 Å². The topological polar surface area (TPSA) is 69.5 Å². The molecule has 1 aliphatic heterocycles. The van der Waals surface area contributed by atoms with E-state index in [1.165, 1.54) is 18.1 Å². The molecule has 2 unspecified atom stereocenters. The first kappa shape index (κ1) is 49.0. The number of benzene rings is 11. The predicted molar refractivity (Wildman–Crippen MR) is 324 cm³/mol. The third kappa shape index (κ3) is 9.68. The maximum atomic E-state index is 13.5. The molecule has 0 radical (unpaired) electrons. The average molecular weight is 1030 g/mol. The molecule has 0 N–H and O–H groups in total. The van der Waals surface area contributed by atoms with Crippen molar-refractivity contribution in [3.8, 4) is 56.0 Å². The van der Waals surface area contributed by atoms with Crippen LogP contribution in [0.25, 0.3) is 76.8 Å². The largest absolute Gasteiger partial charge is 0.492 e. The number of allylic oxidation sites excluding steroid dienone is 2. The zero-order chi connectivity index (χ0) is 53.1. The van der Waals surface area contributed by atoms with Crippen molar-refractivity contribution in [3.05, 3.63) is 276 Å². The summed E-state index contributed by atoms with van der Waals surface area (Å²) in [5.74, 6) is 0.745. The van der Waals surface area contributed by atoms with Crippen LogP contribution in [0.3, 0.4) is 0 Å². The minimum Gasteiger partial charge on any atom is -0.492 e. The number of hydrogen-bond donors (Lipinski definition) is 0. The van der Waals surface area contributed by atoms with Crippen LogP contribution in [0.2, 0.25) is 0 Å². The van der Waals surface area contributed by atoms with Gasteiger partial charge in [0, 0.05) is 47.2 Å². The number of nitrogens with zero attached hydrogens (tertiary/aromatic N) is 2. The highest BCUT2D eigenvalue weighted by atomic mass is 16.7. The van der Waals surface area contributed by atoms with E-state index in [9.17, 15) is 4.79 Å². The molecule has 79 heavy (non-hydrogen) atoms. The molecule has 11 aromatic rings. The van der Waals surface area contributed by atoms with Crippen molar-refractivity contribution < 1.29 is 19.0 Å². The van der Waals surface area contributed by atoms with Crippen molar-refractivity contribution in [1.82, 2.24) is 0 Å². The van der Waals surface area contributed by atoms with Crippen LogP contribution >= 0.6 is 0 Å². The third-order valence-corrected chi connectivity index (χ3v) is 15.4. The van der Waals surface area contributed by atoms with E-state index in [2.05, 4.69) is 224 Å². The summed E-state index contributed by atoms with van der Waals surface area (Å²) in [5, 5.41) is 6.22. The summed E-state index contributed by atoms with van der Waals surface area (Å²) < 4.78 is 21.1. The number of carbonyl (C=O) groups is 1. The van der Waals surface area contributed by atoms with Crippen molar-refractivity contribution in [3.63, 3.8) is 0 Å². The molecule has 0 saturated heterocycles. The van der Waals surface area contributed by atoms with Gasteiger partial charge in [-0.3, -0.25) is 14.8 Å². The van der Waals surface area contributed by atoms with Crippen molar-refractivity contribution in [1.29, 1.82) is 0 Å². The van der Waals surface area contributed by atoms with E-state index in [1.807, 2.05) is 30.6 Å². The van der Waals surface area contributed by atoms with Crippen molar-refractivity contribution >= 4 is 50.7 Å². The summed E-state index contributed by atoms with van der Waals surface area (Å²) in [6.07, 6.45) is 9.19. The molecule has 0 saturated carbocycles. The Kier molecular flexibility index (Phi) is 13.5. The molecule has 3 atom stereocenters. The fraction of sp³-hybridized carbons (Fsp3) is 0.110. The van der Waals surface area contributed by atoms with Crippen LogP contribution in [0.15, 0.2) is 253 Å². The molecule has 0 amide bonds. The highest BCUT2D eigenvalue weighted by Crippen LogP contribution is 2.50. The van der Waals surface area contributed by atoms with Crippen LogP contribution in [0.4, 0.5) is 0 Å². The van der Waals surface area contributed by atoms with Gasteiger partial charge in [0.2, 0.25) is 6.29 Å². The molecule has 0 spiro atoms. The molecular weight excluding hydrogens is 969 g/mol. The first-order valence-electron chi connectivity index (χ1n) is 27.2. The molecule has 13 rings (SSSR count). The second kappa shape index (κ2) is 21.8. The average Bonchev–Trinajstić information content (AvgIpc) is 3.62. The molecule has 382 valence electrons. The van der Waals surface area contributed by atoms with Crippen molar-refractivity contribution in [2.45, 2.75) is 44.6 Å². The minimum absolute atomic E-state index is 0.129. The van der Waals surface area contributed by atoms with E-state index in [4.69, 9.17) is 24.2 Å². The summed E-state index contributed by atoms with van der Waals surface area (Å²) >= 11 is 0. The summed E-state index contributed by atoms with van der Waals surface area (Å²) in [4.78, 5) is 24.9. The molecule has 6 heteroatoms. The smallest absolute Gasteiger partial charge is 0.305 e. The number of aliphatic imine (C=N–C) groups is 2. The van der Waals surface area contributed by atoms with Crippen molar-refractivity contribution in [2.75, 3.05) is 6.61 Å². The first-order valence-corrected chi connectivity index (χ1v) is 27.2. The summed E-state index contributed by atoms with van der Waals surface area (Å²) in [6.45, 7) is 1.56. The van der Waals surface area contributed by atoms with E-state index < -0.39 is 24.3 Å². The zero-order valence-corrected chi connectivity index (χ0v) is 43.8. The lowest BCUT2D eigenvalue weighted by Crippen LogP contribution is -2.26. The van der Waals surface area contributed by atoms with Crippen molar-refractivity contribution in [2.24, 2.45) is 9.98 Å². The Balaban J connectivity index is 1.10. The minimum atomic E-state index is -1.08. The van der Waals surface area contributed by atoms with Gasteiger partial charge in [-0.25, -0.2) is 0 Å². The Morgan fingerprint density at radius 2 is 0.937 bits per heavy atom. The lowest BCUT2D eigenvalue weighted by molar-refractivity contribution is -0.162. The second-order valence-corrected chi connectivity index (χ2v) is 20.3. The van der Waals surface area contributed by atoms with E-state index in [0.717, 1.165) is 112 Å². The standard InChI is InChI=1S/C73H56N2O4/c1-48(76)78-65-42-43-77-72-57(44-55-32-16-20-36-61(55)68(72)66-59-34-18-14-26-51(59)38-40-63(66)49-22-6-2-7-23-49)46-74-70(53-28-10-4-11-29-53)71(54-30-12-5-13-31-54)75-47-58-45-56-33-17-21-37-62(56)69(73(58)79-65)67-60-35-19-15-27-52(60)39-41-64(67)50-24-8-3-9-25-50/h2-25,27-33,35-41,44-47,65,70-71H,26,34,42-43H2,1H3/b74-46+,75-47+/t65?,70-,71?/m0/s1. The summed E-state index contributed by atoms with van der Waals surface area (Å²) in [7, 11) is 0. The Bertz CT molecular complexity index is 4150. The van der Waals surface area contributed by atoms with E-state index in [-0.39, 0.29) is 13.0 Å². The summed E-state index contributed by atoms with van der Waals surface area (Å²) in [5.41, 5.74) is 14.4. The lowest BCUT2D eigenvalue weighted by atomic mass is 9.81. The first-order chi connectivity index (χ1) is 39.0. The fourth-order valence-corrected chi connectivity index (χ4v) is 11.8. The number of carbonyl (C=O) groups excluding carboxylic acids is 1. The van der Waals surface area contributed by atoms with Gasteiger partial charge >= 0.3 is 5.97 Å². The number of rotatable bonds is 7. The number of hydrogen-bond acceptors (Lipinski definition) is 6. The Morgan fingerprint density at radius 3 is 1.52 bits per heavy atom. The van der Waals surface area contributed by atoms with Crippen LogP contribution < -0.4 is 9.47 Å². The highest BCUT2D eigenvalue weighted by molar-refractivity contribution is 6.15. The predicted octanol–water partition coefficient (Wildman–Crippen LogP) is 17.5. The molecule has 6 nitrogen and oxygen atoms in total. The van der Waals surface area contributed by atoms with Gasteiger partial charge in [0.05, 0.1) is 13.0 Å². The van der Waals surface area contributed by atoms with Gasteiger partial charge in [0.1, 0.15) is 23.6 Å². The maximum Gasteiger partial charge on any atom is 0.305 e. The Morgan fingerprint density at radius 1 is 0.468 bits per heavy atom. The number of fused-ring (bicyclic) bond motifs is 6. The second-order valence-electron chi connectivity index (χ2n) is 20.3.